The lowest BCUT2D eigenvalue weighted by Gasteiger charge is -2.29. The van der Waals surface area contributed by atoms with Gasteiger partial charge in [0.2, 0.25) is 11.8 Å². The Morgan fingerprint density at radius 1 is 1.29 bits per heavy atom. The van der Waals surface area contributed by atoms with Crippen LogP contribution in [0, 0.1) is 19.8 Å². The van der Waals surface area contributed by atoms with Crippen LogP contribution in [0.15, 0.2) is 18.2 Å². The van der Waals surface area contributed by atoms with Gasteiger partial charge >= 0.3 is 0 Å². The largest absolute Gasteiger partial charge is 0.336 e. The molecule has 2 amide bonds. The number of benzene rings is 1. The topological polar surface area (TPSA) is 75.4 Å². The Hall–Kier alpha value is -1.59. The van der Waals surface area contributed by atoms with Crippen LogP contribution in [0.4, 0.5) is 5.69 Å². The number of likely N-dealkylation sites (N-methyl/N-ethyl adjacent to an activating group) is 1. The molecule has 1 aromatic carbocycles. The number of nitrogens with zero attached hydrogens (tertiary/aromatic N) is 1. The smallest absolute Gasteiger partial charge is 0.243 e. The molecule has 1 saturated carbocycles. The molecule has 1 aromatic rings. The summed E-state index contributed by atoms with van der Waals surface area (Å²) in [4.78, 5) is 26.2. The minimum absolute atomic E-state index is 0. The summed E-state index contributed by atoms with van der Waals surface area (Å²) in [7, 11) is 1.69. The molecule has 0 aromatic heterocycles. The van der Waals surface area contributed by atoms with Gasteiger partial charge in [-0.05, 0) is 50.3 Å². The standard InChI is InChI=1S/C18H27N3O2.ClH/c1-12-6-4-9-16(13(12)2)20-17(22)11-21(3)18(23)14-7-5-8-15(19)10-14;/h4,6,9,14-15H,5,7-8,10-11,19H2,1-3H3,(H,20,22);1H. The van der Waals surface area contributed by atoms with Gasteiger partial charge < -0.3 is 16.0 Å². The fraction of sp³-hybridized carbons (Fsp3) is 0.556. The number of rotatable bonds is 4. The number of nitrogens with one attached hydrogen (secondary N) is 1. The fourth-order valence-corrected chi connectivity index (χ4v) is 3.13. The molecule has 0 aliphatic heterocycles. The van der Waals surface area contributed by atoms with Gasteiger partial charge in [0, 0.05) is 24.7 Å². The highest BCUT2D eigenvalue weighted by molar-refractivity contribution is 5.95. The Morgan fingerprint density at radius 2 is 2.00 bits per heavy atom. The average Bonchev–Trinajstić information content (AvgIpc) is 2.51. The maximum atomic E-state index is 12.4. The van der Waals surface area contributed by atoms with E-state index in [1.807, 2.05) is 32.0 Å². The highest BCUT2D eigenvalue weighted by Crippen LogP contribution is 2.24. The van der Waals surface area contributed by atoms with Crippen LogP contribution in [0.25, 0.3) is 0 Å². The molecule has 1 aliphatic carbocycles. The van der Waals surface area contributed by atoms with Crippen LogP contribution in [0.3, 0.4) is 0 Å². The molecular weight excluding hydrogens is 326 g/mol. The molecule has 2 atom stereocenters. The summed E-state index contributed by atoms with van der Waals surface area (Å²) < 4.78 is 0. The van der Waals surface area contributed by atoms with E-state index in [2.05, 4.69) is 5.32 Å². The van der Waals surface area contributed by atoms with Gasteiger partial charge in [-0.15, -0.1) is 12.4 Å². The van der Waals surface area contributed by atoms with Crippen molar-refractivity contribution in [2.24, 2.45) is 11.7 Å². The zero-order valence-electron chi connectivity index (χ0n) is 14.7. The summed E-state index contributed by atoms with van der Waals surface area (Å²) in [5, 5.41) is 2.89. The third-order valence-electron chi connectivity index (χ3n) is 4.70. The summed E-state index contributed by atoms with van der Waals surface area (Å²) in [6, 6.07) is 5.90. The van der Waals surface area contributed by atoms with E-state index < -0.39 is 0 Å². The van der Waals surface area contributed by atoms with Gasteiger partial charge in [0.05, 0.1) is 6.54 Å². The second kappa shape index (κ2) is 9.04. The van der Waals surface area contributed by atoms with Crippen molar-refractivity contribution in [3.05, 3.63) is 29.3 Å². The van der Waals surface area contributed by atoms with Gasteiger partial charge in [0.15, 0.2) is 0 Å². The number of nitrogens with two attached hydrogens (primary N) is 1. The highest BCUT2D eigenvalue weighted by Gasteiger charge is 2.28. The second-order valence-corrected chi connectivity index (χ2v) is 6.61. The van der Waals surface area contributed by atoms with E-state index in [0.717, 1.165) is 42.5 Å². The number of aryl methyl sites for hydroxylation is 1. The number of carbonyl (C=O) groups excluding carboxylic acids is 2. The molecule has 1 fully saturated rings. The predicted molar refractivity (Wildman–Crippen MR) is 99.4 cm³/mol. The number of hydrogen-bond acceptors (Lipinski definition) is 3. The SMILES string of the molecule is Cc1cccc(NC(=O)CN(C)C(=O)C2CCCC(N)C2)c1C.Cl. The maximum absolute atomic E-state index is 12.4. The third kappa shape index (κ3) is 5.21. The minimum Gasteiger partial charge on any atom is -0.336 e. The first kappa shape index (κ1) is 20.5. The zero-order chi connectivity index (χ0) is 17.0. The van der Waals surface area contributed by atoms with Crippen LogP contribution in [0.2, 0.25) is 0 Å². The van der Waals surface area contributed by atoms with Crippen LogP contribution < -0.4 is 11.1 Å². The average molecular weight is 354 g/mol. The molecule has 24 heavy (non-hydrogen) atoms. The molecule has 3 N–H and O–H groups in total. The Morgan fingerprint density at radius 3 is 2.67 bits per heavy atom. The van der Waals surface area contributed by atoms with E-state index in [-0.39, 0.29) is 42.7 Å². The Bertz CT molecular complexity index is 592. The first-order valence-corrected chi connectivity index (χ1v) is 8.25. The maximum Gasteiger partial charge on any atom is 0.243 e. The van der Waals surface area contributed by atoms with Crippen molar-refractivity contribution in [2.45, 2.75) is 45.6 Å². The zero-order valence-corrected chi connectivity index (χ0v) is 15.5. The highest BCUT2D eigenvalue weighted by atomic mass is 35.5. The summed E-state index contributed by atoms with van der Waals surface area (Å²) in [6.07, 6.45) is 3.57. The van der Waals surface area contributed by atoms with Gasteiger partial charge in [-0.25, -0.2) is 0 Å². The van der Waals surface area contributed by atoms with E-state index in [9.17, 15) is 9.59 Å². The van der Waals surface area contributed by atoms with E-state index >= 15 is 0 Å². The van der Waals surface area contributed by atoms with Crippen LogP contribution in [-0.2, 0) is 9.59 Å². The van der Waals surface area contributed by atoms with Crippen LogP contribution in [0.1, 0.15) is 36.8 Å². The van der Waals surface area contributed by atoms with Crippen molar-refractivity contribution in [3.63, 3.8) is 0 Å². The summed E-state index contributed by atoms with van der Waals surface area (Å²) >= 11 is 0. The second-order valence-electron chi connectivity index (χ2n) is 6.61. The quantitative estimate of drug-likeness (QED) is 0.873. The van der Waals surface area contributed by atoms with Gasteiger partial charge in [-0.1, -0.05) is 18.6 Å². The Kier molecular flexibility index (Phi) is 7.70. The molecule has 2 rings (SSSR count). The molecule has 0 saturated heterocycles. The van der Waals surface area contributed by atoms with Crippen LogP contribution >= 0.6 is 12.4 Å². The number of halogens is 1. The van der Waals surface area contributed by atoms with E-state index in [4.69, 9.17) is 5.73 Å². The molecular formula is C18H28ClN3O2. The van der Waals surface area contributed by atoms with Crippen molar-refractivity contribution >= 4 is 29.9 Å². The van der Waals surface area contributed by atoms with Crippen LogP contribution in [0.5, 0.6) is 0 Å². The number of hydrogen-bond donors (Lipinski definition) is 2. The van der Waals surface area contributed by atoms with Crippen LogP contribution in [-0.4, -0.2) is 36.3 Å². The van der Waals surface area contributed by atoms with E-state index in [0.29, 0.717) is 0 Å². The normalized spacial score (nSPS) is 20.0. The van der Waals surface area contributed by atoms with Crippen molar-refractivity contribution in [1.82, 2.24) is 4.90 Å². The summed E-state index contributed by atoms with van der Waals surface area (Å²) in [5.41, 5.74) is 8.93. The minimum atomic E-state index is -0.172. The van der Waals surface area contributed by atoms with Gasteiger partial charge in [0.1, 0.15) is 0 Å². The summed E-state index contributed by atoms with van der Waals surface area (Å²) in [5.74, 6) is -0.192. The fourth-order valence-electron chi connectivity index (χ4n) is 3.13. The molecule has 6 heteroatoms. The Balaban J connectivity index is 0.00000288. The Labute approximate surface area is 150 Å². The molecule has 5 nitrogen and oxygen atoms in total. The van der Waals surface area contributed by atoms with Crippen molar-refractivity contribution in [2.75, 3.05) is 18.9 Å². The number of amides is 2. The molecule has 2 unspecified atom stereocenters. The van der Waals surface area contributed by atoms with Crippen molar-refractivity contribution in [3.8, 4) is 0 Å². The lowest BCUT2D eigenvalue weighted by Crippen LogP contribution is -2.41. The van der Waals surface area contributed by atoms with Gasteiger partial charge in [-0.2, -0.15) is 0 Å². The molecule has 1 aliphatic rings. The van der Waals surface area contributed by atoms with Crippen molar-refractivity contribution in [1.29, 1.82) is 0 Å². The molecule has 0 bridgehead atoms. The van der Waals surface area contributed by atoms with Crippen molar-refractivity contribution < 1.29 is 9.59 Å². The molecule has 134 valence electrons. The monoisotopic (exact) mass is 353 g/mol. The van der Waals surface area contributed by atoms with E-state index in [1.54, 1.807) is 7.05 Å². The van der Waals surface area contributed by atoms with Gasteiger partial charge in [0.25, 0.3) is 0 Å². The number of carbonyl (C=O) groups is 2. The molecule has 0 radical (unpaired) electrons. The van der Waals surface area contributed by atoms with Gasteiger partial charge in [-0.3, -0.25) is 9.59 Å². The first-order valence-electron chi connectivity index (χ1n) is 8.25. The lowest BCUT2D eigenvalue weighted by atomic mass is 9.85. The molecule has 0 spiro atoms. The summed E-state index contributed by atoms with van der Waals surface area (Å²) in [6.45, 7) is 4.05. The first-order chi connectivity index (χ1) is 10.9. The van der Waals surface area contributed by atoms with E-state index in [1.165, 1.54) is 4.90 Å². The predicted octanol–water partition coefficient (Wildman–Crippen LogP) is 2.64. The lowest BCUT2D eigenvalue weighted by molar-refractivity contribution is -0.138. The third-order valence-corrected chi connectivity index (χ3v) is 4.70. The number of anilines is 1. The molecule has 0 heterocycles.